The topological polar surface area (TPSA) is 869 Å². The monoisotopic (exact) mass is 2210 g/mol. The molecule has 782 valence electrons. The lowest BCUT2D eigenvalue weighted by atomic mass is 9.99. The largest absolute Gasteiger partial charge is 0.480 e. The molecular formula is C81H83N9O46S9. The molecular weight excluding hydrogens is 2120 g/mol. The van der Waals surface area contributed by atoms with Gasteiger partial charge < -0.3 is 91.0 Å². The minimum atomic E-state index is -5.28. The van der Waals surface area contributed by atoms with E-state index >= 15 is 28.8 Å². The van der Waals surface area contributed by atoms with Gasteiger partial charge >= 0.3 is 99.6 Å². The van der Waals surface area contributed by atoms with Crippen molar-refractivity contribution in [3.8, 4) is 51.7 Å². The number of hydrogen-bond acceptors (Lipinski definition) is 37. The highest BCUT2D eigenvalue weighted by molar-refractivity contribution is 7.83. The van der Waals surface area contributed by atoms with E-state index in [0.29, 0.717) is 0 Å². The van der Waals surface area contributed by atoms with Crippen LogP contribution < -0.4 is 85.9 Å². The van der Waals surface area contributed by atoms with Crippen LogP contribution in [0.25, 0.3) is 0 Å². The average molecular weight is 2210 g/mol. The van der Waals surface area contributed by atoms with E-state index in [1.807, 2.05) is 0 Å². The molecule has 0 unspecified atom stereocenters. The predicted octanol–water partition coefficient (Wildman–Crippen LogP) is -0.905. The Hall–Kier alpha value is -14.4. The van der Waals surface area contributed by atoms with E-state index in [1.165, 1.54) is 12.1 Å². The second-order valence-electron chi connectivity index (χ2n) is 30.7. The maximum atomic E-state index is 15.8. The van der Waals surface area contributed by atoms with Crippen LogP contribution in [0.3, 0.4) is 0 Å². The number of nitrogens with one attached hydrogen (secondary N) is 8. The van der Waals surface area contributed by atoms with Gasteiger partial charge in [-0.3, -0.25) is 79.3 Å². The molecule has 0 saturated carbocycles. The Bertz CT molecular complexity index is 7330. The van der Waals surface area contributed by atoms with Crippen LogP contribution >= 0.6 is 0 Å². The number of carbonyl (C=O) groups excluding carboxylic acids is 8. The zero-order chi connectivity index (χ0) is 107. The van der Waals surface area contributed by atoms with Gasteiger partial charge in [0.05, 0.1) is 6.04 Å². The molecule has 145 heavy (non-hydrogen) atoms. The van der Waals surface area contributed by atoms with Gasteiger partial charge in [-0.1, -0.05) is 109 Å². The summed E-state index contributed by atoms with van der Waals surface area (Å²) in [6.07, 6.45) is -6.60. The van der Waals surface area contributed by atoms with Crippen LogP contribution in [0, 0.1) is 0 Å². The molecule has 64 heteroatoms. The van der Waals surface area contributed by atoms with E-state index in [4.69, 9.17) is 5.73 Å². The molecule has 20 N–H and O–H groups in total. The van der Waals surface area contributed by atoms with Crippen molar-refractivity contribution in [2.75, 3.05) is 0 Å². The van der Waals surface area contributed by atoms with E-state index in [2.05, 4.69) is 80.2 Å². The molecule has 0 aromatic heterocycles. The first kappa shape index (κ1) is 114. The van der Waals surface area contributed by atoms with Crippen LogP contribution in [0.2, 0.25) is 0 Å². The number of benzene rings is 9. The summed E-state index contributed by atoms with van der Waals surface area (Å²) in [4.78, 5) is 136. The lowest BCUT2D eigenvalue weighted by molar-refractivity contribution is -0.142. The Morgan fingerprint density at radius 3 is 0.407 bits per heavy atom. The molecule has 0 aliphatic carbocycles. The molecule has 0 spiro atoms. The molecule has 0 bridgehead atoms. The summed E-state index contributed by atoms with van der Waals surface area (Å²) in [5.74, 6) is -17.8. The van der Waals surface area contributed by atoms with Crippen LogP contribution in [0.1, 0.15) is 50.1 Å². The van der Waals surface area contributed by atoms with Gasteiger partial charge in [-0.25, -0.2) is 4.79 Å². The van der Waals surface area contributed by atoms with E-state index in [0.717, 1.165) is 206 Å². The molecule has 0 heterocycles. The maximum absolute atomic E-state index is 15.8. The predicted molar refractivity (Wildman–Crippen MR) is 492 cm³/mol. The minimum absolute atomic E-state index is 0.0307. The van der Waals surface area contributed by atoms with Crippen LogP contribution in [-0.2, 0) is 195 Å². The molecule has 0 aliphatic heterocycles. The van der Waals surface area contributed by atoms with E-state index in [1.54, 1.807) is 0 Å². The van der Waals surface area contributed by atoms with E-state index < -0.39 is 311 Å². The van der Waals surface area contributed by atoms with Crippen molar-refractivity contribution in [3.63, 3.8) is 0 Å². The van der Waals surface area contributed by atoms with Crippen molar-refractivity contribution in [2.45, 2.75) is 112 Å². The summed E-state index contributed by atoms with van der Waals surface area (Å²) in [5.41, 5.74) is 6.12. The molecule has 8 amide bonds. The van der Waals surface area contributed by atoms with Gasteiger partial charge in [0.25, 0.3) is 0 Å². The van der Waals surface area contributed by atoms with Crippen molar-refractivity contribution in [3.05, 3.63) is 268 Å². The Kier molecular flexibility index (Phi) is 38.4. The molecule has 9 atom stereocenters. The lowest BCUT2D eigenvalue weighted by Crippen LogP contribution is -2.61. The van der Waals surface area contributed by atoms with Crippen LogP contribution in [0.4, 0.5) is 0 Å². The number of carboxylic acid groups (broad SMARTS) is 1. The van der Waals surface area contributed by atoms with Gasteiger partial charge in [0.1, 0.15) is 100 Å². The fraction of sp³-hybridized carbons (Fsp3) is 0.222. The molecule has 0 radical (unpaired) electrons. The number of nitrogens with two attached hydrogens (primary N) is 1. The lowest BCUT2D eigenvalue weighted by Gasteiger charge is -2.29. The van der Waals surface area contributed by atoms with Gasteiger partial charge in [-0.05, 0) is 166 Å². The first-order chi connectivity index (χ1) is 67.3. The zero-order valence-corrected chi connectivity index (χ0v) is 80.6. The average Bonchev–Trinajstić information content (AvgIpc) is 0.823. The fourth-order valence-electron chi connectivity index (χ4n) is 13.3. The summed E-state index contributed by atoms with van der Waals surface area (Å²) in [6.45, 7) is 0. The molecule has 0 fully saturated rings. The van der Waals surface area contributed by atoms with E-state index in [-0.39, 0.29) is 50.1 Å². The van der Waals surface area contributed by atoms with Gasteiger partial charge in [0.15, 0.2) is 0 Å². The third kappa shape index (κ3) is 41.8. The molecule has 9 rings (SSSR count). The number of hydrogen-bond donors (Lipinski definition) is 19. The third-order valence-corrected chi connectivity index (χ3v) is 23.1. The van der Waals surface area contributed by atoms with Crippen molar-refractivity contribution >= 4 is 147 Å². The Balaban J connectivity index is 1.14. The first-order valence-corrected chi connectivity index (χ1v) is 52.8. The second-order valence-corrected chi connectivity index (χ2v) is 39.9. The summed E-state index contributed by atoms with van der Waals surface area (Å²) in [5, 5.41) is 29.6. The highest BCUT2D eigenvalue weighted by Crippen LogP contribution is 2.26. The Morgan fingerprint density at radius 2 is 0.290 bits per heavy atom. The van der Waals surface area contributed by atoms with Crippen LogP contribution in [0.15, 0.2) is 218 Å². The number of carbonyl (C=O) groups is 9. The standard InChI is InChI=1S/C81H83N9O46S9/c82-64(37-46-1-19-55(20-2-46)128-137(101,102)103)73(91)83-65(38-47-3-21-56(22-4-47)129-138(104,105)106)74(92)84-66(39-48-5-23-57(24-6-48)130-139(107,108)109)75(93)85-67(40-49-7-25-58(26-8-49)131-140(110,111)112)76(94)86-68(41-50-9-27-59(28-10-50)132-141(113,114)115)77(95)87-69(42-51-11-29-60(30-12-51)133-142(116,117)118)78(96)88-70(43-52-13-31-61(32-14-52)134-143(119,120)121)79(97)89-71(44-53-15-33-62(34-16-53)135-144(122,123)124)80(98)90-72(81(99)100)45-54-17-35-63(36-18-54)136-145(125,126)127/h1-36,64-72H,37-45,82H2,(H,83,91)(H,84,92)(H,85,93)(H,86,94)(H,87,95)(H,88,96)(H,89,97)(H,90,98)(H,99,100)(H,101,102,103)(H,104,105,106)(H,107,108,109)(H,110,111,112)(H,113,114,115)(H,116,117,118)(H,119,120,121)(H,122,123,124)(H,125,126,127)/t64-,65-,66-,67-,68-,69-,70-,71-,72-/m0/s1. The Morgan fingerprint density at radius 1 is 0.186 bits per heavy atom. The number of carboxylic acids is 1. The number of amides is 8. The molecule has 0 aliphatic rings. The number of aliphatic carboxylic acids is 1. The van der Waals surface area contributed by atoms with Crippen molar-refractivity contribution < 1.29 is 203 Å². The highest BCUT2D eigenvalue weighted by atomic mass is 32.3. The Labute approximate surface area is 824 Å². The van der Waals surface area contributed by atoms with Gasteiger partial charge in [0, 0.05) is 51.4 Å². The number of rotatable bonds is 53. The van der Waals surface area contributed by atoms with Gasteiger partial charge in [-0.2, -0.15) is 75.8 Å². The van der Waals surface area contributed by atoms with Crippen molar-refractivity contribution in [2.24, 2.45) is 5.73 Å². The normalized spacial score (nSPS) is 13.9. The first-order valence-electron chi connectivity index (χ1n) is 40.5. The highest BCUT2D eigenvalue weighted by Gasteiger charge is 2.38. The minimum Gasteiger partial charge on any atom is -0.480 e. The van der Waals surface area contributed by atoms with E-state index in [9.17, 15) is 136 Å². The molecule has 9 aromatic rings. The van der Waals surface area contributed by atoms with Gasteiger partial charge in [-0.15, -0.1) is 0 Å². The summed E-state index contributed by atoms with van der Waals surface area (Å²) >= 11 is 0. The summed E-state index contributed by atoms with van der Waals surface area (Å²) in [7, 11) is -46.7. The molecule has 55 nitrogen and oxygen atoms in total. The molecule has 0 saturated heterocycles. The zero-order valence-electron chi connectivity index (χ0n) is 73.3. The second kappa shape index (κ2) is 48.8. The van der Waals surface area contributed by atoms with Crippen LogP contribution in [0.5, 0.6) is 51.7 Å². The molecule has 9 aromatic carbocycles. The van der Waals surface area contributed by atoms with Crippen LogP contribution in [-0.4, -0.2) is 229 Å². The quantitative estimate of drug-likeness (QED) is 0.0205. The van der Waals surface area contributed by atoms with Crippen molar-refractivity contribution in [1.29, 1.82) is 0 Å². The smallest absolute Gasteiger partial charge is 0.446 e. The summed E-state index contributed by atoms with van der Waals surface area (Å²) in [6, 6.07) is 18.2. The summed E-state index contributed by atoms with van der Waals surface area (Å²) < 4.78 is 337. The fourth-order valence-corrected chi connectivity index (χ4v) is 16.5. The van der Waals surface area contributed by atoms with Crippen molar-refractivity contribution in [1.82, 2.24) is 42.5 Å². The SMILES string of the molecule is N[C@@H](Cc1ccc(OS(=O)(=O)O)cc1)C(=O)N[C@@H](Cc1ccc(OS(=O)(=O)O)cc1)C(=O)N[C@@H](Cc1ccc(OS(=O)(=O)O)cc1)C(=O)N[C@@H](Cc1ccc(OS(=O)(=O)O)cc1)C(=O)N[C@@H](Cc1ccc(OS(=O)(=O)O)cc1)C(=O)N[C@@H](Cc1ccc(OS(=O)(=O)O)cc1)C(=O)N[C@@H](Cc1ccc(OS(=O)(=O)O)cc1)C(=O)N[C@@H](Cc1ccc(OS(=O)(=O)O)cc1)C(=O)N[C@@H](Cc1ccc(OS(=O)(=O)O)cc1)C(=O)O. The third-order valence-electron chi connectivity index (χ3n) is 19.5. The van der Waals surface area contributed by atoms with Gasteiger partial charge in [0.2, 0.25) is 47.3 Å². The maximum Gasteiger partial charge on any atom is 0.446 e.